The Morgan fingerprint density at radius 1 is 1.27 bits per heavy atom. The fourth-order valence-electron chi connectivity index (χ4n) is 3.54. The topological polar surface area (TPSA) is 67.9 Å². The molecule has 6 heteroatoms. The highest BCUT2D eigenvalue weighted by Crippen LogP contribution is 2.34. The van der Waals surface area contributed by atoms with Crippen molar-refractivity contribution >= 4 is 11.8 Å². The molecule has 0 aliphatic carbocycles. The number of para-hydroxylation sites is 1. The lowest BCUT2D eigenvalue weighted by Crippen LogP contribution is -2.45. The molecule has 2 amide bonds. The van der Waals surface area contributed by atoms with Gasteiger partial charge >= 0.3 is 0 Å². The van der Waals surface area contributed by atoms with Crippen molar-refractivity contribution in [1.29, 1.82) is 0 Å². The minimum absolute atomic E-state index is 0.0198. The third-order valence-corrected chi connectivity index (χ3v) is 5.09. The Hall–Kier alpha value is -2.50. The minimum Gasteiger partial charge on any atom is -0.490 e. The molecule has 6 nitrogen and oxygen atoms in total. The fraction of sp³-hybridized carbons (Fsp3) is 0.500. The zero-order valence-corrected chi connectivity index (χ0v) is 15.2. The van der Waals surface area contributed by atoms with Crippen LogP contribution in [-0.2, 0) is 4.79 Å². The van der Waals surface area contributed by atoms with E-state index in [1.165, 1.54) is 6.08 Å². The Balaban J connectivity index is 1.64. The maximum atomic E-state index is 13.0. The summed E-state index contributed by atoms with van der Waals surface area (Å²) in [5.74, 6) is 1.39. The molecule has 0 spiro atoms. The van der Waals surface area contributed by atoms with Crippen LogP contribution >= 0.6 is 0 Å². The zero-order chi connectivity index (χ0) is 18.5. The van der Waals surface area contributed by atoms with Crippen LogP contribution in [0, 0.1) is 5.92 Å². The summed E-state index contributed by atoms with van der Waals surface area (Å²) >= 11 is 0. The Morgan fingerprint density at radius 3 is 2.73 bits per heavy atom. The van der Waals surface area contributed by atoms with Gasteiger partial charge in [0.2, 0.25) is 5.91 Å². The van der Waals surface area contributed by atoms with Crippen LogP contribution in [0.4, 0.5) is 0 Å². The number of hydrogen-bond donors (Lipinski definition) is 1. The minimum atomic E-state index is -0.153. The summed E-state index contributed by atoms with van der Waals surface area (Å²) in [5.41, 5.74) is 0.566. The van der Waals surface area contributed by atoms with E-state index in [0.29, 0.717) is 49.3 Å². The lowest BCUT2D eigenvalue weighted by Gasteiger charge is -2.35. The molecular formula is C20H26N2O4. The van der Waals surface area contributed by atoms with E-state index in [4.69, 9.17) is 9.47 Å². The fourth-order valence-corrected chi connectivity index (χ4v) is 3.54. The van der Waals surface area contributed by atoms with E-state index < -0.39 is 0 Å². The predicted molar refractivity (Wildman–Crippen MR) is 98.5 cm³/mol. The van der Waals surface area contributed by atoms with Crippen molar-refractivity contribution in [3.8, 4) is 11.5 Å². The van der Waals surface area contributed by atoms with Crippen molar-refractivity contribution < 1.29 is 19.1 Å². The highest BCUT2D eigenvalue weighted by molar-refractivity contribution is 5.98. The molecule has 1 aromatic carbocycles. The second kappa shape index (κ2) is 8.25. The van der Waals surface area contributed by atoms with E-state index in [0.717, 1.165) is 19.3 Å². The first-order valence-corrected chi connectivity index (χ1v) is 9.21. The molecule has 2 aliphatic heterocycles. The number of carbonyl (C=O) groups excluding carboxylic acids is 2. The molecule has 0 bridgehead atoms. The van der Waals surface area contributed by atoms with Crippen molar-refractivity contribution in [2.75, 3.05) is 26.3 Å². The Kier molecular flexibility index (Phi) is 5.81. The first-order valence-electron chi connectivity index (χ1n) is 9.21. The molecule has 2 aliphatic rings. The monoisotopic (exact) mass is 358 g/mol. The van der Waals surface area contributed by atoms with Crippen LogP contribution in [0.1, 0.15) is 36.5 Å². The van der Waals surface area contributed by atoms with E-state index in [9.17, 15) is 9.59 Å². The lowest BCUT2D eigenvalue weighted by molar-refractivity contribution is -0.117. The van der Waals surface area contributed by atoms with Crippen molar-refractivity contribution in [1.82, 2.24) is 10.2 Å². The average molecular weight is 358 g/mol. The SMILES string of the molecule is C=CC(=O)NC(C)C1CCN(C(=O)c2cccc3c2OCCCO3)CC1. The number of nitrogens with one attached hydrogen (secondary N) is 1. The normalized spacial score (nSPS) is 18.6. The van der Waals surface area contributed by atoms with Crippen molar-refractivity contribution in [2.24, 2.45) is 5.92 Å². The van der Waals surface area contributed by atoms with Crippen LogP contribution in [0.15, 0.2) is 30.9 Å². The number of benzene rings is 1. The second-order valence-electron chi connectivity index (χ2n) is 6.81. The standard InChI is InChI=1S/C20H26N2O4/c1-3-18(23)21-14(2)15-8-10-22(11-9-15)20(24)16-6-4-7-17-19(16)26-13-5-12-25-17/h3-4,6-7,14-15H,1,5,8-13H2,2H3,(H,21,23). The smallest absolute Gasteiger partial charge is 0.257 e. The largest absolute Gasteiger partial charge is 0.490 e. The maximum absolute atomic E-state index is 13.0. The molecule has 0 saturated carbocycles. The van der Waals surface area contributed by atoms with Crippen molar-refractivity contribution in [3.63, 3.8) is 0 Å². The lowest BCUT2D eigenvalue weighted by atomic mass is 9.90. The van der Waals surface area contributed by atoms with Crippen molar-refractivity contribution in [2.45, 2.75) is 32.2 Å². The van der Waals surface area contributed by atoms with E-state index >= 15 is 0 Å². The number of fused-ring (bicyclic) bond motifs is 1. The molecule has 3 rings (SSSR count). The molecule has 140 valence electrons. The number of likely N-dealkylation sites (tertiary alicyclic amines) is 1. The number of amides is 2. The summed E-state index contributed by atoms with van der Waals surface area (Å²) in [5, 5.41) is 2.93. The summed E-state index contributed by atoms with van der Waals surface area (Å²) in [6.45, 7) is 7.98. The third kappa shape index (κ3) is 4.00. The van der Waals surface area contributed by atoms with Crippen LogP contribution in [0.5, 0.6) is 11.5 Å². The van der Waals surface area contributed by atoms with Gasteiger partial charge in [-0.1, -0.05) is 12.6 Å². The van der Waals surface area contributed by atoms with Crippen LogP contribution in [0.2, 0.25) is 0 Å². The van der Waals surface area contributed by atoms with Gasteiger partial charge in [0, 0.05) is 25.6 Å². The van der Waals surface area contributed by atoms with Crippen LogP contribution in [0.25, 0.3) is 0 Å². The van der Waals surface area contributed by atoms with E-state index in [2.05, 4.69) is 11.9 Å². The molecule has 1 atom stereocenters. The summed E-state index contributed by atoms with van der Waals surface area (Å²) in [6.07, 6.45) is 3.81. The summed E-state index contributed by atoms with van der Waals surface area (Å²) in [4.78, 5) is 26.3. The molecule has 1 saturated heterocycles. The quantitative estimate of drug-likeness (QED) is 0.839. The summed E-state index contributed by atoms with van der Waals surface area (Å²) < 4.78 is 11.5. The summed E-state index contributed by atoms with van der Waals surface area (Å²) in [6, 6.07) is 5.55. The van der Waals surface area contributed by atoms with Crippen LogP contribution in [-0.4, -0.2) is 49.1 Å². The number of piperidine rings is 1. The van der Waals surface area contributed by atoms with Crippen molar-refractivity contribution in [3.05, 3.63) is 36.4 Å². The number of ether oxygens (including phenoxy) is 2. The van der Waals surface area contributed by atoms with Crippen LogP contribution < -0.4 is 14.8 Å². The molecule has 1 unspecified atom stereocenters. The van der Waals surface area contributed by atoms with Gasteiger partial charge in [-0.2, -0.15) is 0 Å². The van der Waals surface area contributed by atoms with Crippen LogP contribution in [0.3, 0.4) is 0 Å². The maximum Gasteiger partial charge on any atom is 0.257 e. The molecular weight excluding hydrogens is 332 g/mol. The highest BCUT2D eigenvalue weighted by atomic mass is 16.5. The molecule has 1 fully saturated rings. The van der Waals surface area contributed by atoms with E-state index in [1.807, 2.05) is 24.0 Å². The van der Waals surface area contributed by atoms with Gasteiger partial charge < -0.3 is 19.7 Å². The second-order valence-corrected chi connectivity index (χ2v) is 6.81. The van der Waals surface area contributed by atoms with E-state index in [1.54, 1.807) is 6.07 Å². The molecule has 1 aromatic rings. The first-order chi connectivity index (χ1) is 12.6. The number of carbonyl (C=O) groups is 2. The van der Waals surface area contributed by atoms with Gasteiger partial charge in [-0.15, -0.1) is 0 Å². The highest BCUT2D eigenvalue weighted by Gasteiger charge is 2.29. The number of nitrogens with zero attached hydrogens (tertiary/aromatic N) is 1. The number of hydrogen-bond acceptors (Lipinski definition) is 4. The Labute approximate surface area is 154 Å². The molecule has 0 radical (unpaired) electrons. The molecule has 1 N–H and O–H groups in total. The van der Waals surface area contributed by atoms with Gasteiger partial charge in [0.05, 0.1) is 18.8 Å². The first kappa shape index (κ1) is 18.3. The zero-order valence-electron chi connectivity index (χ0n) is 15.2. The third-order valence-electron chi connectivity index (χ3n) is 5.09. The molecule has 2 heterocycles. The van der Waals surface area contributed by atoms with Gasteiger partial charge in [0.1, 0.15) is 0 Å². The summed E-state index contributed by atoms with van der Waals surface area (Å²) in [7, 11) is 0. The average Bonchev–Trinajstić information content (AvgIpc) is 2.92. The Bertz CT molecular complexity index is 680. The van der Waals surface area contributed by atoms with Gasteiger partial charge in [-0.25, -0.2) is 0 Å². The Morgan fingerprint density at radius 2 is 2.00 bits per heavy atom. The molecule has 0 aromatic heterocycles. The van der Waals surface area contributed by atoms with Gasteiger partial charge in [-0.05, 0) is 43.9 Å². The van der Waals surface area contributed by atoms with E-state index in [-0.39, 0.29) is 17.9 Å². The van der Waals surface area contributed by atoms with Gasteiger partial charge in [0.15, 0.2) is 11.5 Å². The number of rotatable bonds is 4. The molecule has 26 heavy (non-hydrogen) atoms. The van der Waals surface area contributed by atoms with Gasteiger partial charge in [-0.3, -0.25) is 9.59 Å². The van der Waals surface area contributed by atoms with Gasteiger partial charge in [0.25, 0.3) is 5.91 Å². The predicted octanol–water partition coefficient (Wildman–Crippen LogP) is 2.39.